The van der Waals surface area contributed by atoms with Crippen molar-refractivity contribution < 1.29 is 4.79 Å². The molecule has 0 aliphatic rings. The topological polar surface area (TPSA) is 34.9 Å². The van der Waals surface area contributed by atoms with Crippen LogP contribution < -0.4 is 0 Å². The summed E-state index contributed by atoms with van der Waals surface area (Å²) >= 11 is 1.42. The zero-order valence-corrected chi connectivity index (χ0v) is 11.5. The summed E-state index contributed by atoms with van der Waals surface area (Å²) in [6, 6.07) is 15.5. The maximum absolute atomic E-state index is 12.1. The number of hydrogen-bond acceptors (Lipinski definition) is 3. The first kappa shape index (κ1) is 12.6. The minimum Gasteiger partial charge on any atom is -0.266 e. The first-order valence-corrected chi connectivity index (χ1v) is 7.08. The van der Waals surface area contributed by atoms with Crippen LogP contribution in [0.1, 0.15) is 20.9 Å². The van der Waals surface area contributed by atoms with Gasteiger partial charge < -0.3 is 0 Å². The van der Waals surface area contributed by atoms with Crippen LogP contribution in [-0.4, -0.2) is 15.7 Å². The quantitative estimate of drug-likeness (QED) is 0.731. The lowest BCUT2D eigenvalue weighted by Gasteiger charge is -1.95. The van der Waals surface area contributed by atoms with Crippen LogP contribution in [-0.2, 0) is 0 Å². The van der Waals surface area contributed by atoms with E-state index < -0.39 is 0 Å². The molecule has 0 aliphatic carbocycles. The van der Waals surface area contributed by atoms with Gasteiger partial charge in [0.25, 0.3) is 5.91 Å². The number of carbonyl (C=O) groups is 1. The minimum absolute atomic E-state index is 0.0978. The fourth-order valence-corrected chi connectivity index (χ4v) is 2.45. The van der Waals surface area contributed by atoms with Crippen molar-refractivity contribution >= 4 is 29.4 Å². The van der Waals surface area contributed by atoms with E-state index in [1.54, 1.807) is 12.3 Å². The third-order valence-electron chi connectivity index (χ3n) is 2.80. The standard InChI is InChI=1S/C16H12N2OS/c19-16(15-7-4-12-20-15)18-11-10-14(17-18)9-8-13-5-2-1-3-6-13/h1-12H. The van der Waals surface area contributed by atoms with Crippen molar-refractivity contribution in [3.8, 4) is 0 Å². The normalized spacial score (nSPS) is 11.0. The number of nitrogens with zero attached hydrogens (tertiary/aromatic N) is 2. The molecule has 4 heteroatoms. The second-order valence-electron chi connectivity index (χ2n) is 4.21. The van der Waals surface area contributed by atoms with Gasteiger partial charge in [0.15, 0.2) is 0 Å². The Morgan fingerprint density at radius 2 is 1.90 bits per heavy atom. The molecule has 0 fully saturated rings. The molecule has 0 N–H and O–H groups in total. The predicted octanol–water partition coefficient (Wildman–Crippen LogP) is 3.80. The van der Waals surface area contributed by atoms with Gasteiger partial charge in [0.2, 0.25) is 0 Å². The Morgan fingerprint density at radius 3 is 2.65 bits per heavy atom. The minimum atomic E-state index is -0.0978. The highest BCUT2D eigenvalue weighted by Gasteiger charge is 2.09. The van der Waals surface area contributed by atoms with E-state index in [9.17, 15) is 4.79 Å². The van der Waals surface area contributed by atoms with Crippen molar-refractivity contribution in [2.24, 2.45) is 0 Å². The SMILES string of the molecule is O=C(c1cccs1)n1ccc(C=Cc2ccccc2)n1. The fraction of sp³-hybridized carbons (Fsp3) is 0. The summed E-state index contributed by atoms with van der Waals surface area (Å²) in [6.45, 7) is 0. The largest absolute Gasteiger partial charge is 0.288 e. The van der Waals surface area contributed by atoms with E-state index in [1.165, 1.54) is 16.0 Å². The highest BCUT2D eigenvalue weighted by atomic mass is 32.1. The summed E-state index contributed by atoms with van der Waals surface area (Å²) in [5, 5.41) is 6.15. The summed E-state index contributed by atoms with van der Waals surface area (Å²) in [5.41, 5.74) is 1.87. The second kappa shape index (κ2) is 5.67. The molecule has 0 radical (unpaired) electrons. The van der Waals surface area contributed by atoms with Gasteiger partial charge in [0.1, 0.15) is 0 Å². The molecule has 0 unspecified atom stereocenters. The van der Waals surface area contributed by atoms with Gasteiger partial charge in [-0.2, -0.15) is 5.10 Å². The Balaban J connectivity index is 1.77. The summed E-state index contributed by atoms with van der Waals surface area (Å²) < 4.78 is 1.37. The molecular weight excluding hydrogens is 268 g/mol. The lowest BCUT2D eigenvalue weighted by atomic mass is 10.2. The molecule has 0 saturated carbocycles. The first-order chi connectivity index (χ1) is 9.83. The van der Waals surface area contributed by atoms with Crippen molar-refractivity contribution in [2.45, 2.75) is 0 Å². The molecule has 98 valence electrons. The van der Waals surface area contributed by atoms with Crippen LogP contribution in [0.15, 0.2) is 60.1 Å². The first-order valence-electron chi connectivity index (χ1n) is 6.20. The molecule has 0 spiro atoms. The molecule has 0 bridgehead atoms. The van der Waals surface area contributed by atoms with Crippen molar-refractivity contribution in [1.29, 1.82) is 0 Å². The average Bonchev–Trinajstić information content (AvgIpc) is 3.17. The summed E-state index contributed by atoms with van der Waals surface area (Å²) in [6.07, 6.45) is 5.56. The molecule has 3 nitrogen and oxygen atoms in total. The molecule has 0 saturated heterocycles. The molecule has 0 amide bonds. The van der Waals surface area contributed by atoms with Gasteiger partial charge in [-0.05, 0) is 29.2 Å². The van der Waals surface area contributed by atoms with Crippen molar-refractivity contribution in [3.63, 3.8) is 0 Å². The van der Waals surface area contributed by atoms with Crippen molar-refractivity contribution in [1.82, 2.24) is 9.78 Å². The van der Waals surface area contributed by atoms with Crippen LogP contribution in [0.2, 0.25) is 0 Å². The maximum atomic E-state index is 12.1. The van der Waals surface area contributed by atoms with E-state index >= 15 is 0 Å². The van der Waals surface area contributed by atoms with Crippen LogP contribution in [0.25, 0.3) is 12.2 Å². The zero-order valence-electron chi connectivity index (χ0n) is 10.6. The van der Waals surface area contributed by atoms with Gasteiger partial charge in [0.05, 0.1) is 10.6 Å². The number of benzene rings is 1. The number of hydrogen-bond donors (Lipinski definition) is 0. The Morgan fingerprint density at radius 1 is 1.05 bits per heavy atom. The number of carbonyl (C=O) groups excluding carboxylic acids is 1. The third kappa shape index (κ3) is 2.75. The molecule has 2 heterocycles. The van der Waals surface area contributed by atoms with Crippen molar-refractivity contribution in [2.75, 3.05) is 0 Å². The van der Waals surface area contributed by atoms with Gasteiger partial charge in [-0.1, -0.05) is 42.5 Å². The maximum Gasteiger partial charge on any atom is 0.288 e. The molecule has 1 aromatic carbocycles. The van der Waals surface area contributed by atoms with E-state index in [1.807, 2.05) is 60.0 Å². The molecule has 20 heavy (non-hydrogen) atoms. The van der Waals surface area contributed by atoms with Gasteiger partial charge in [-0.25, -0.2) is 4.68 Å². The Bertz CT molecular complexity index is 727. The smallest absolute Gasteiger partial charge is 0.266 e. The van der Waals surface area contributed by atoms with E-state index in [-0.39, 0.29) is 5.91 Å². The number of thiophene rings is 1. The Hall–Kier alpha value is -2.46. The molecule has 2 aromatic heterocycles. The monoisotopic (exact) mass is 280 g/mol. The van der Waals surface area contributed by atoms with Gasteiger partial charge in [-0.15, -0.1) is 11.3 Å². The zero-order chi connectivity index (χ0) is 13.8. The second-order valence-corrected chi connectivity index (χ2v) is 5.16. The molecule has 0 aliphatic heterocycles. The Kier molecular flexibility index (Phi) is 3.56. The van der Waals surface area contributed by atoms with Crippen LogP contribution >= 0.6 is 11.3 Å². The van der Waals surface area contributed by atoms with Crippen LogP contribution in [0.4, 0.5) is 0 Å². The summed E-state index contributed by atoms with van der Waals surface area (Å²) in [4.78, 5) is 12.8. The van der Waals surface area contributed by atoms with Crippen LogP contribution in [0.3, 0.4) is 0 Å². The lowest BCUT2D eigenvalue weighted by Crippen LogP contribution is -2.10. The third-order valence-corrected chi connectivity index (χ3v) is 3.65. The molecular formula is C16H12N2OS. The number of aromatic nitrogens is 2. The summed E-state index contributed by atoms with van der Waals surface area (Å²) in [7, 11) is 0. The average molecular weight is 280 g/mol. The van der Waals surface area contributed by atoms with E-state index in [0.29, 0.717) is 4.88 Å². The van der Waals surface area contributed by atoms with E-state index in [2.05, 4.69) is 5.10 Å². The number of rotatable bonds is 3. The van der Waals surface area contributed by atoms with Gasteiger partial charge in [-0.3, -0.25) is 4.79 Å². The van der Waals surface area contributed by atoms with Gasteiger partial charge >= 0.3 is 0 Å². The predicted molar refractivity (Wildman–Crippen MR) is 81.6 cm³/mol. The molecule has 3 aromatic rings. The molecule has 3 rings (SSSR count). The van der Waals surface area contributed by atoms with E-state index in [0.717, 1.165) is 11.3 Å². The molecule has 0 atom stereocenters. The Labute approximate surface area is 120 Å². The van der Waals surface area contributed by atoms with Crippen LogP contribution in [0.5, 0.6) is 0 Å². The fourth-order valence-electron chi connectivity index (χ4n) is 1.80. The van der Waals surface area contributed by atoms with Gasteiger partial charge in [0, 0.05) is 6.20 Å². The van der Waals surface area contributed by atoms with Crippen LogP contribution in [0, 0.1) is 0 Å². The summed E-state index contributed by atoms with van der Waals surface area (Å²) in [5.74, 6) is -0.0978. The highest BCUT2D eigenvalue weighted by molar-refractivity contribution is 7.12. The van der Waals surface area contributed by atoms with Crippen molar-refractivity contribution in [3.05, 3.63) is 76.2 Å². The lowest BCUT2D eigenvalue weighted by molar-refractivity contribution is 0.0949. The highest BCUT2D eigenvalue weighted by Crippen LogP contribution is 2.11. The van der Waals surface area contributed by atoms with E-state index in [4.69, 9.17) is 0 Å².